The Morgan fingerprint density at radius 1 is 1.28 bits per heavy atom. The second kappa shape index (κ2) is 7.48. The van der Waals surface area contributed by atoms with Crippen LogP contribution in [0.25, 0.3) is 0 Å². The molecule has 1 heterocycles. The SMILES string of the molecule is CC(C)CCOCCn1cc(C(N)C(C)C)nn1. The van der Waals surface area contributed by atoms with E-state index in [1.54, 1.807) is 4.68 Å². The van der Waals surface area contributed by atoms with Crippen molar-refractivity contribution in [3.8, 4) is 0 Å². The van der Waals surface area contributed by atoms with Crippen molar-refractivity contribution in [2.75, 3.05) is 13.2 Å². The van der Waals surface area contributed by atoms with E-state index in [1.165, 1.54) is 0 Å². The van der Waals surface area contributed by atoms with Crippen molar-refractivity contribution in [2.24, 2.45) is 17.6 Å². The molecule has 18 heavy (non-hydrogen) atoms. The number of rotatable bonds is 8. The molecule has 0 aromatic carbocycles. The predicted octanol–water partition coefficient (Wildman–Crippen LogP) is 2.00. The van der Waals surface area contributed by atoms with Gasteiger partial charge in [-0.05, 0) is 18.3 Å². The standard InChI is InChI=1S/C13H26N4O/c1-10(2)5-7-18-8-6-17-9-12(15-16-17)13(14)11(3)4/h9-11,13H,5-8,14H2,1-4H3. The molecule has 1 rings (SSSR count). The van der Waals surface area contributed by atoms with E-state index < -0.39 is 0 Å². The zero-order chi connectivity index (χ0) is 13.5. The molecule has 0 spiro atoms. The molecule has 5 nitrogen and oxygen atoms in total. The molecule has 0 aliphatic heterocycles. The van der Waals surface area contributed by atoms with E-state index in [1.807, 2.05) is 6.20 Å². The lowest BCUT2D eigenvalue weighted by Gasteiger charge is -2.11. The third-order valence-corrected chi connectivity index (χ3v) is 2.92. The molecule has 0 aliphatic rings. The molecular formula is C13H26N4O. The van der Waals surface area contributed by atoms with E-state index in [0.717, 1.165) is 25.3 Å². The minimum Gasteiger partial charge on any atom is -0.380 e. The van der Waals surface area contributed by atoms with Gasteiger partial charge in [0.15, 0.2) is 0 Å². The average molecular weight is 254 g/mol. The minimum atomic E-state index is -0.0411. The highest BCUT2D eigenvalue weighted by atomic mass is 16.5. The molecule has 0 saturated carbocycles. The van der Waals surface area contributed by atoms with Gasteiger partial charge in [0.05, 0.1) is 31.1 Å². The molecule has 1 unspecified atom stereocenters. The number of nitrogens with zero attached hydrogens (tertiary/aromatic N) is 3. The van der Waals surface area contributed by atoms with Crippen LogP contribution in [-0.2, 0) is 11.3 Å². The lowest BCUT2D eigenvalue weighted by molar-refractivity contribution is 0.113. The van der Waals surface area contributed by atoms with E-state index in [2.05, 4.69) is 38.0 Å². The summed E-state index contributed by atoms with van der Waals surface area (Å²) in [5.41, 5.74) is 6.87. The van der Waals surface area contributed by atoms with Crippen LogP contribution in [0.15, 0.2) is 6.20 Å². The van der Waals surface area contributed by atoms with Gasteiger partial charge in [-0.1, -0.05) is 32.9 Å². The maximum absolute atomic E-state index is 6.01. The molecule has 1 aromatic heterocycles. The Labute approximate surface area is 110 Å². The van der Waals surface area contributed by atoms with Gasteiger partial charge >= 0.3 is 0 Å². The van der Waals surface area contributed by atoms with Crippen molar-refractivity contribution in [1.82, 2.24) is 15.0 Å². The van der Waals surface area contributed by atoms with Crippen LogP contribution < -0.4 is 5.73 Å². The van der Waals surface area contributed by atoms with E-state index in [9.17, 15) is 0 Å². The van der Waals surface area contributed by atoms with E-state index in [4.69, 9.17) is 10.5 Å². The van der Waals surface area contributed by atoms with E-state index in [0.29, 0.717) is 18.4 Å². The third-order valence-electron chi connectivity index (χ3n) is 2.92. The number of nitrogens with two attached hydrogens (primary N) is 1. The smallest absolute Gasteiger partial charge is 0.0996 e. The average Bonchev–Trinajstić information content (AvgIpc) is 2.75. The Hall–Kier alpha value is -0.940. The van der Waals surface area contributed by atoms with Gasteiger partial charge in [0, 0.05) is 6.61 Å². The molecule has 0 bridgehead atoms. The van der Waals surface area contributed by atoms with Crippen LogP contribution in [0.3, 0.4) is 0 Å². The maximum Gasteiger partial charge on any atom is 0.0996 e. The molecular weight excluding hydrogens is 228 g/mol. The summed E-state index contributed by atoms with van der Waals surface area (Å²) in [5.74, 6) is 1.06. The fourth-order valence-corrected chi connectivity index (χ4v) is 1.50. The molecule has 0 aliphatic carbocycles. The maximum atomic E-state index is 6.01. The van der Waals surface area contributed by atoms with Gasteiger partial charge < -0.3 is 10.5 Å². The van der Waals surface area contributed by atoms with Crippen LogP contribution in [0.1, 0.15) is 45.9 Å². The van der Waals surface area contributed by atoms with Crippen LogP contribution in [0.4, 0.5) is 0 Å². The molecule has 5 heteroatoms. The zero-order valence-corrected chi connectivity index (χ0v) is 12.0. The molecule has 0 amide bonds. The highest BCUT2D eigenvalue weighted by Crippen LogP contribution is 2.15. The summed E-state index contributed by atoms with van der Waals surface area (Å²) in [6.07, 6.45) is 3.01. The fourth-order valence-electron chi connectivity index (χ4n) is 1.50. The van der Waals surface area contributed by atoms with Gasteiger partial charge in [0.2, 0.25) is 0 Å². The summed E-state index contributed by atoms with van der Waals surface area (Å²) < 4.78 is 7.34. The molecule has 1 aromatic rings. The number of aromatic nitrogens is 3. The monoisotopic (exact) mass is 254 g/mol. The Balaban J connectivity index is 2.27. The molecule has 2 N–H and O–H groups in total. The highest BCUT2D eigenvalue weighted by Gasteiger charge is 2.14. The summed E-state index contributed by atoms with van der Waals surface area (Å²) in [7, 11) is 0. The lowest BCUT2D eigenvalue weighted by Crippen LogP contribution is -2.17. The minimum absolute atomic E-state index is 0.0411. The van der Waals surface area contributed by atoms with E-state index >= 15 is 0 Å². The largest absolute Gasteiger partial charge is 0.380 e. The Morgan fingerprint density at radius 3 is 2.61 bits per heavy atom. The van der Waals surface area contributed by atoms with E-state index in [-0.39, 0.29) is 6.04 Å². The van der Waals surface area contributed by atoms with Gasteiger partial charge in [-0.3, -0.25) is 0 Å². The van der Waals surface area contributed by atoms with Crippen molar-refractivity contribution in [3.63, 3.8) is 0 Å². The number of ether oxygens (including phenoxy) is 1. The van der Waals surface area contributed by atoms with Crippen LogP contribution in [0, 0.1) is 11.8 Å². The van der Waals surface area contributed by atoms with Crippen molar-refractivity contribution >= 4 is 0 Å². The van der Waals surface area contributed by atoms with Crippen LogP contribution in [-0.4, -0.2) is 28.2 Å². The summed E-state index contributed by atoms with van der Waals surface area (Å²) in [4.78, 5) is 0. The number of hydrogen-bond donors (Lipinski definition) is 1. The van der Waals surface area contributed by atoms with Crippen LogP contribution in [0.2, 0.25) is 0 Å². The van der Waals surface area contributed by atoms with Crippen molar-refractivity contribution in [3.05, 3.63) is 11.9 Å². The molecule has 1 atom stereocenters. The fraction of sp³-hybridized carbons (Fsp3) is 0.846. The quantitative estimate of drug-likeness (QED) is 0.721. The topological polar surface area (TPSA) is 66.0 Å². The first-order valence-electron chi connectivity index (χ1n) is 6.74. The second-order valence-corrected chi connectivity index (χ2v) is 5.47. The van der Waals surface area contributed by atoms with Gasteiger partial charge in [-0.2, -0.15) is 0 Å². The van der Waals surface area contributed by atoms with Crippen LogP contribution >= 0.6 is 0 Å². The summed E-state index contributed by atoms with van der Waals surface area (Å²) >= 11 is 0. The van der Waals surface area contributed by atoms with Gasteiger partial charge in [-0.25, -0.2) is 4.68 Å². The van der Waals surface area contributed by atoms with Gasteiger partial charge in [-0.15, -0.1) is 5.10 Å². The Bertz CT molecular complexity index is 335. The normalized spacial score (nSPS) is 13.5. The summed E-state index contributed by atoms with van der Waals surface area (Å²) in [6, 6.07) is -0.0411. The molecule has 0 fully saturated rings. The highest BCUT2D eigenvalue weighted by molar-refractivity contribution is 5.00. The Kier molecular flexibility index (Phi) is 6.29. The number of hydrogen-bond acceptors (Lipinski definition) is 4. The van der Waals surface area contributed by atoms with Crippen molar-refractivity contribution in [1.29, 1.82) is 0 Å². The van der Waals surface area contributed by atoms with Crippen molar-refractivity contribution < 1.29 is 4.74 Å². The first-order valence-corrected chi connectivity index (χ1v) is 6.74. The molecule has 104 valence electrons. The molecule has 0 radical (unpaired) electrons. The zero-order valence-electron chi connectivity index (χ0n) is 12.0. The van der Waals surface area contributed by atoms with Gasteiger partial charge in [0.25, 0.3) is 0 Å². The first-order chi connectivity index (χ1) is 8.50. The molecule has 0 saturated heterocycles. The summed E-state index contributed by atoms with van der Waals surface area (Å²) in [5, 5.41) is 8.16. The second-order valence-electron chi connectivity index (χ2n) is 5.47. The summed E-state index contributed by atoms with van der Waals surface area (Å²) in [6.45, 7) is 10.8. The lowest BCUT2D eigenvalue weighted by atomic mass is 10.0. The van der Waals surface area contributed by atoms with Crippen LogP contribution in [0.5, 0.6) is 0 Å². The third kappa shape index (κ3) is 5.14. The van der Waals surface area contributed by atoms with Gasteiger partial charge in [0.1, 0.15) is 0 Å². The van der Waals surface area contributed by atoms with Crippen molar-refractivity contribution in [2.45, 2.75) is 46.7 Å². The first kappa shape index (κ1) is 15.1. The Morgan fingerprint density at radius 2 is 2.00 bits per heavy atom. The predicted molar refractivity (Wildman–Crippen MR) is 72.1 cm³/mol.